The van der Waals surface area contributed by atoms with Gasteiger partial charge in [-0.05, 0) is 34.1 Å². The minimum absolute atomic E-state index is 0.0173. The molecule has 0 saturated carbocycles. The van der Waals surface area contributed by atoms with Crippen molar-refractivity contribution in [2.75, 3.05) is 0 Å². The Hall–Kier alpha value is -0.940. The smallest absolute Gasteiger partial charge is 0.220 e. The summed E-state index contributed by atoms with van der Waals surface area (Å²) in [6, 6.07) is 0. The Bertz CT molecular complexity index is 366. The van der Waals surface area contributed by atoms with Crippen LogP contribution in [0, 0.1) is 0 Å². The van der Waals surface area contributed by atoms with E-state index in [1.54, 1.807) is 17.5 Å². The van der Waals surface area contributed by atoms with E-state index in [1.165, 1.54) is 0 Å². The summed E-state index contributed by atoms with van der Waals surface area (Å²) in [6.07, 6.45) is 2.86. The molecule has 0 fully saturated rings. The first-order chi connectivity index (χ1) is 7.71. The van der Waals surface area contributed by atoms with Crippen molar-refractivity contribution < 1.29 is 4.79 Å². The summed E-state index contributed by atoms with van der Waals surface area (Å²) in [6.45, 7) is 7.76. The van der Waals surface area contributed by atoms with Crippen LogP contribution < -0.4 is 11.1 Å². The zero-order valence-corrected chi connectivity index (χ0v) is 11.7. The molecule has 1 amide bonds. The van der Waals surface area contributed by atoms with Gasteiger partial charge in [0.2, 0.25) is 5.91 Å². The summed E-state index contributed by atoms with van der Waals surface area (Å²) in [5.41, 5.74) is 5.14. The molecule has 0 atom stereocenters. The molecule has 17 heavy (non-hydrogen) atoms. The standard InChI is InChI=1S/C12H21N3OS/c1-11(2,13)6-5-9(16)15-12(3,4)10-14-7-8-17-10/h7-8H,5-6,13H2,1-4H3,(H,15,16). The van der Waals surface area contributed by atoms with Crippen LogP contribution in [-0.2, 0) is 10.3 Å². The number of amides is 1. The molecule has 5 heteroatoms. The lowest BCUT2D eigenvalue weighted by atomic mass is 9.99. The second-order valence-corrected chi connectivity index (χ2v) is 6.39. The number of nitrogens with one attached hydrogen (secondary N) is 1. The number of hydrogen-bond acceptors (Lipinski definition) is 4. The van der Waals surface area contributed by atoms with Crippen molar-refractivity contribution in [3.05, 3.63) is 16.6 Å². The van der Waals surface area contributed by atoms with Crippen molar-refractivity contribution in [2.24, 2.45) is 5.73 Å². The first-order valence-electron chi connectivity index (χ1n) is 5.70. The summed E-state index contributed by atoms with van der Waals surface area (Å²) in [7, 11) is 0. The number of nitrogens with two attached hydrogens (primary N) is 1. The molecule has 1 heterocycles. The molecule has 3 N–H and O–H groups in total. The SMILES string of the molecule is CC(C)(N)CCC(=O)NC(C)(C)c1nccs1. The van der Waals surface area contributed by atoms with Gasteiger partial charge in [0.1, 0.15) is 5.01 Å². The van der Waals surface area contributed by atoms with Gasteiger partial charge >= 0.3 is 0 Å². The Kier molecular flexibility index (Phi) is 4.27. The molecule has 0 aromatic carbocycles. The Morgan fingerprint density at radius 2 is 2.12 bits per heavy atom. The van der Waals surface area contributed by atoms with Gasteiger partial charge in [-0.25, -0.2) is 4.98 Å². The largest absolute Gasteiger partial charge is 0.345 e. The Morgan fingerprint density at radius 3 is 2.59 bits per heavy atom. The second kappa shape index (κ2) is 5.14. The van der Waals surface area contributed by atoms with Gasteiger partial charge in [-0.1, -0.05) is 0 Å². The van der Waals surface area contributed by atoms with Gasteiger partial charge in [0.15, 0.2) is 0 Å². The number of aromatic nitrogens is 1. The van der Waals surface area contributed by atoms with E-state index in [2.05, 4.69) is 10.3 Å². The molecule has 0 spiro atoms. The molecular formula is C12H21N3OS. The molecular weight excluding hydrogens is 234 g/mol. The van der Waals surface area contributed by atoms with Crippen LogP contribution in [0.4, 0.5) is 0 Å². The molecule has 0 aliphatic rings. The van der Waals surface area contributed by atoms with Gasteiger partial charge in [-0.3, -0.25) is 4.79 Å². The minimum atomic E-state index is -0.413. The molecule has 0 unspecified atom stereocenters. The lowest BCUT2D eigenvalue weighted by Crippen LogP contribution is -2.42. The average Bonchev–Trinajstić information content (AvgIpc) is 2.66. The average molecular weight is 255 g/mol. The highest BCUT2D eigenvalue weighted by molar-refractivity contribution is 7.09. The maximum atomic E-state index is 11.8. The lowest BCUT2D eigenvalue weighted by molar-refractivity contribution is -0.123. The first kappa shape index (κ1) is 14.1. The summed E-state index contributed by atoms with van der Waals surface area (Å²) in [4.78, 5) is 16.0. The van der Waals surface area contributed by atoms with Gasteiger partial charge < -0.3 is 11.1 Å². The fraction of sp³-hybridized carbons (Fsp3) is 0.667. The topological polar surface area (TPSA) is 68.0 Å². The van der Waals surface area contributed by atoms with E-state index in [4.69, 9.17) is 5.73 Å². The Balaban J connectivity index is 2.51. The number of carbonyl (C=O) groups excluding carboxylic acids is 1. The normalized spacial score (nSPS) is 12.5. The molecule has 4 nitrogen and oxygen atoms in total. The zero-order valence-electron chi connectivity index (χ0n) is 10.9. The van der Waals surface area contributed by atoms with E-state index in [0.717, 1.165) is 5.01 Å². The van der Waals surface area contributed by atoms with Crippen molar-refractivity contribution in [1.82, 2.24) is 10.3 Å². The summed E-state index contributed by atoms with van der Waals surface area (Å²) < 4.78 is 0. The van der Waals surface area contributed by atoms with E-state index in [9.17, 15) is 4.79 Å². The van der Waals surface area contributed by atoms with Crippen LogP contribution in [0.25, 0.3) is 0 Å². The van der Waals surface area contributed by atoms with Crippen LogP contribution in [0.15, 0.2) is 11.6 Å². The molecule has 1 aromatic rings. The van der Waals surface area contributed by atoms with Crippen LogP contribution >= 0.6 is 11.3 Å². The summed E-state index contributed by atoms with van der Waals surface area (Å²) >= 11 is 1.54. The van der Waals surface area contributed by atoms with Gasteiger partial charge in [0.05, 0.1) is 5.54 Å². The maximum Gasteiger partial charge on any atom is 0.220 e. The third kappa shape index (κ3) is 4.83. The fourth-order valence-electron chi connectivity index (χ4n) is 1.43. The van der Waals surface area contributed by atoms with E-state index in [-0.39, 0.29) is 11.4 Å². The van der Waals surface area contributed by atoms with E-state index < -0.39 is 5.54 Å². The first-order valence-corrected chi connectivity index (χ1v) is 6.58. The van der Waals surface area contributed by atoms with Crippen LogP contribution in [0.1, 0.15) is 45.5 Å². The molecule has 0 aliphatic heterocycles. The van der Waals surface area contributed by atoms with Crippen LogP contribution in [0.3, 0.4) is 0 Å². The molecule has 0 aliphatic carbocycles. The van der Waals surface area contributed by atoms with Gasteiger partial charge in [-0.2, -0.15) is 0 Å². The van der Waals surface area contributed by atoms with E-state index in [0.29, 0.717) is 12.8 Å². The maximum absolute atomic E-state index is 11.8. The summed E-state index contributed by atoms with van der Waals surface area (Å²) in [5.74, 6) is 0.0173. The quantitative estimate of drug-likeness (QED) is 0.845. The number of carbonyl (C=O) groups is 1. The fourth-order valence-corrected chi connectivity index (χ4v) is 2.15. The lowest BCUT2D eigenvalue weighted by Gasteiger charge is -2.25. The van der Waals surface area contributed by atoms with Crippen molar-refractivity contribution in [2.45, 2.75) is 51.6 Å². The highest BCUT2D eigenvalue weighted by atomic mass is 32.1. The van der Waals surface area contributed by atoms with Crippen LogP contribution in [0.2, 0.25) is 0 Å². The van der Waals surface area contributed by atoms with E-state index >= 15 is 0 Å². The van der Waals surface area contributed by atoms with Crippen molar-refractivity contribution >= 4 is 17.2 Å². The highest BCUT2D eigenvalue weighted by Crippen LogP contribution is 2.22. The zero-order chi connectivity index (χ0) is 13.1. The van der Waals surface area contributed by atoms with Crippen molar-refractivity contribution in [3.8, 4) is 0 Å². The van der Waals surface area contributed by atoms with Gasteiger partial charge in [-0.15, -0.1) is 11.3 Å². The van der Waals surface area contributed by atoms with Crippen molar-refractivity contribution in [3.63, 3.8) is 0 Å². The molecule has 1 aromatic heterocycles. The monoisotopic (exact) mass is 255 g/mol. The predicted octanol–water partition coefficient (Wildman–Crippen LogP) is 2.01. The minimum Gasteiger partial charge on any atom is -0.345 e. The second-order valence-electron chi connectivity index (χ2n) is 5.50. The molecule has 96 valence electrons. The summed E-state index contributed by atoms with van der Waals surface area (Å²) in [5, 5.41) is 5.81. The number of hydrogen-bond donors (Lipinski definition) is 2. The number of rotatable bonds is 5. The highest BCUT2D eigenvalue weighted by Gasteiger charge is 2.25. The molecule has 1 rings (SSSR count). The third-order valence-electron chi connectivity index (χ3n) is 2.42. The van der Waals surface area contributed by atoms with Crippen molar-refractivity contribution in [1.29, 1.82) is 0 Å². The predicted molar refractivity (Wildman–Crippen MR) is 70.8 cm³/mol. The Labute approximate surface area is 107 Å². The van der Waals surface area contributed by atoms with E-state index in [1.807, 2.05) is 33.1 Å². The van der Waals surface area contributed by atoms with Gasteiger partial charge in [0.25, 0.3) is 0 Å². The van der Waals surface area contributed by atoms with Crippen LogP contribution in [0.5, 0.6) is 0 Å². The molecule has 0 radical (unpaired) electrons. The molecule has 0 bridgehead atoms. The molecule has 0 saturated heterocycles. The number of nitrogens with zero attached hydrogens (tertiary/aromatic N) is 1. The third-order valence-corrected chi connectivity index (χ3v) is 3.51. The number of thiazole rings is 1. The Morgan fingerprint density at radius 1 is 1.47 bits per heavy atom. The van der Waals surface area contributed by atoms with Crippen LogP contribution in [-0.4, -0.2) is 16.4 Å². The van der Waals surface area contributed by atoms with Gasteiger partial charge in [0, 0.05) is 23.5 Å².